The van der Waals surface area contributed by atoms with Crippen LogP contribution in [0.4, 0.5) is 0 Å². The normalized spacial score (nSPS) is 22.9. The van der Waals surface area contributed by atoms with Crippen LogP contribution < -0.4 is 10.1 Å². The summed E-state index contributed by atoms with van der Waals surface area (Å²) >= 11 is 0. The number of ether oxygens (including phenoxy) is 1. The maximum Gasteiger partial charge on any atom is 0.234 e. The third-order valence-corrected chi connectivity index (χ3v) is 5.20. The first kappa shape index (κ1) is 16.2. The Morgan fingerprint density at radius 2 is 1.88 bits per heavy atom. The molecule has 1 saturated heterocycles. The van der Waals surface area contributed by atoms with Crippen molar-refractivity contribution in [3.8, 4) is 5.75 Å². The van der Waals surface area contributed by atoms with Crippen LogP contribution in [0.3, 0.4) is 0 Å². The lowest BCUT2D eigenvalue weighted by Crippen LogP contribution is -2.39. The van der Waals surface area contributed by atoms with Gasteiger partial charge in [-0.05, 0) is 30.5 Å². The minimum atomic E-state index is 0.0602. The molecule has 4 nitrogen and oxygen atoms in total. The molecule has 1 amide bonds. The third kappa shape index (κ3) is 3.69. The number of fused-ring (bicyclic) bond motifs is 1. The molecule has 4 heteroatoms. The number of hydrogen-bond acceptors (Lipinski definition) is 3. The topological polar surface area (TPSA) is 41.6 Å². The zero-order valence-corrected chi connectivity index (χ0v) is 14.4. The lowest BCUT2D eigenvalue weighted by molar-refractivity contribution is -0.123. The van der Waals surface area contributed by atoms with E-state index in [-0.39, 0.29) is 11.9 Å². The van der Waals surface area contributed by atoms with Gasteiger partial charge in [0.05, 0.1) is 19.2 Å². The van der Waals surface area contributed by atoms with Crippen LogP contribution >= 0.6 is 0 Å². The molecule has 0 aromatic heterocycles. The highest BCUT2D eigenvalue weighted by atomic mass is 16.5. The SMILES string of the molecule is O=C(CN1CCC(c2ccccc2)C1)NC1CCOc2ccccc21. The summed E-state index contributed by atoms with van der Waals surface area (Å²) in [5.41, 5.74) is 2.47. The van der Waals surface area contributed by atoms with Crippen molar-refractivity contribution in [3.63, 3.8) is 0 Å². The van der Waals surface area contributed by atoms with E-state index in [9.17, 15) is 4.79 Å². The number of rotatable bonds is 4. The van der Waals surface area contributed by atoms with E-state index >= 15 is 0 Å². The number of amides is 1. The molecule has 1 N–H and O–H groups in total. The predicted molar refractivity (Wildman–Crippen MR) is 97.7 cm³/mol. The van der Waals surface area contributed by atoms with Crippen LogP contribution in [-0.2, 0) is 4.79 Å². The fraction of sp³-hybridized carbons (Fsp3) is 0.381. The van der Waals surface area contributed by atoms with Crippen LogP contribution in [0, 0.1) is 0 Å². The molecule has 1 fully saturated rings. The van der Waals surface area contributed by atoms with Crippen molar-refractivity contribution in [2.45, 2.75) is 24.8 Å². The quantitative estimate of drug-likeness (QED) is 0.933. The van der Waals surface area contributed by atoms with Crippen LogP contribution in [0.25, 0.3) is 0 Å². The van der Waals surface area contributed by atoms with E-state index in [0.29, 0.717) is 19.1 Å². The Kier molecular flexibility index (Phi) is 4.70. The number of likely N-dealkylation sites (tertiary alicyclic amines) is 1. The van der Waals surface area contributed by atoms with Crippen LogP contribution in [0.2, 0.25) is 0 Å². The molecule has 2 unspecified atom stereocenters. The molecule has 2 aliphatic rings. The highest BCUT2D eigenvalue weighted by molar-refractivity contribution is 5.78. The van der Waals surface area contributed by atoms with Gasteiger partial charge in [-0.2, -0.15) is 0 Å². The van der Waals surface area contributed by atoms with Gasteiger partial charge >= 0.3 is 0 Å². The van der Waals surface area contributed by atoms with Gasteiger partial charge in [-0.15, -0.1) is 0 Å². The van der Waals surface area contributed by atoms with Gasteiger partial charge in [0.1, 0.15) is 5.75 Å². The van der Waals surface area contributed by atoms with Gasteiger partial charge in [0, 0.05) is 18.5 Å². The average molecular weight is 336 g/mol. The van der Waals surface area contributed by atoms with Gasteiger partial charge in [-0.1, -0.05) is 48.5 Å². The van der Waals surface area contributed by atoms with Crippen molar-refractivity contribution in [1.29, 1.82) is 0 Å². The summed E-state index contributed by atoms with van der Waals surface area (Å²) in [5.74, 6) is 1.54. The van der Waals surface area contributed by atoms with Crippen LogP contribution in [0.15, 0.2) is 54.6 Å². The minimum absolute atomic E-state index is 0.0602. The monoisotopic (exact) mass is 336 g/mol. The molecule has 2 aliphatic heterocycles. The number of carbonyl (C=O) groups is 1. The van der Waals surface area contributed by atoms with Crippen LogP contribution in [-0.4, -0.2) is 37.0 Å². The maximum atomic E-state index is 12.5. The van der Waals surface area contributed by atoms with E-state index in [1.54, 1.807) is 0 Å². The van der Waals surface area contributed by atoms with Crippen molar-refractivity contribution in [2.24, 2.45) is 0 Å². The summed E-state index contributed by atoms with van der Waals surface area (Å²) in [4.78, 5) is 14.8. The number of benzene rings is 2. The molecule has 25 heavy (non-hydrogen) atoms. The number of nitrogens with one attached hydrogen (secondary N) is 1. The van der Waals surface area contributed by atoms with Crippen molar-refractivity contribution < 1.29 is 9.53 Å². The molecule has 2 aromatic carbocycles. The number of carbonyl (C=O) groups excluding carboxylic acids is 1. The van der Waals surface area contributed by atoms with Crippen molar-refractivity contribution >= 4 is 5.91 Å². The molecule has 0 bridgehead atoms. The first-order chi connectivity index (χ1) is 12.3. The van der Waals surface area contributed by atoms with Gasteiger partial charge in [0.15, 0.2) is 0 Å². The number of hydrogen-bond donors (Lipinski definition) is 1. The van der Waals surface area contributed by atoms with Gasteiger partial charge in [-0.3, -0.25) is 9.69 Å². The first-order valence-electron chi connectivity index (χ1n) is 9.08. The third-order valence-electron chi connectivity index (χ3n) is 5.20. The molecule has 0 radical (unpaired) electrons. The van der Waals surface area contributed by atoms with Crippen LogP contribution in [0.1, 0.15) is 35.9 Å². The highest BCUT2D eigenvalue weighted by Gasteiger charge is 2.27. The summed E-state index contributed by atoms with van der Waals surface area (Å²) in [6.07, 6.45) is 1.95. The predicted octanol–water partition coefficient (Wildman–Crippen LogP) is 3.12. The Balaban J connectivity index is 1.33. The summed E-state index contributed by atoms with van der Waals surface area (Å²) < 4.78 is 5.67. The van der Waals surface area contributed by atoms with E-state index in [4.69, 9.17) is 4.74 Å². The highest BCUT2D eigenvalue weighted by Crippen LogP contribution is 2.31. The smallest absolute Gasteiger partial charge is 0.234 e. The fourth-order valence-electron chi connectivity index (χ4n) is 3.91. The Labute approximate surface area is 148 Å². The van der Waals surface area contributed by atoms with E-state index in [2.05, 4.69) is 40.5 Å². The van der Waals surface area contributed by atoms with E-state index in [1.807, 2.05) is 24.3 Å². The fourth-order valence-corrected chi connectivity index (χ4v) is 3.91. The number of para-hydroxylation sites is 1. The molecule has 2 aromatic rings. The summed E-state index contributed by atoms with van der Waals surface area (Å²) in [6.45, 7) is 3.07. The molecule has 2 atom stereocenters. The molecular formula is C21H24N2O2. The van der Waals surface area contributed by atoms with E-state index in [1.165, 1.54) is 5.56 Å². The summed E-state index contributed by atoms with van der Waals surface area (Å²) in [7, 11) is 0. The molecule has 130 valence electrons. The first-order valence-corrected chi connectivity index (χ1v) is 9.08. The van der Waals surface area contributed by atoms with Gasteiger partial charge in [-0.25, -0.2) is 0 Å². The molecular weight excluding hydrogens is 312 g/mol. The zero-order valence-electron chi connectivity index (χ0n) is 14.4. The summed E-state index contributed by atoms with van der Waals surface area (Å²) in [5, 5.41) is 3.20. The van der Waals surface area contributed by atoms with E-state index in [0.717, 1.165) is 37.2 Å². The second kappa shape index (κ2) is 7.28. The second-order valence-electron chi connectivity index (χ2n) is 6.93. The average Bonchev–Trinajstić information content (AvgIpc) is 3.11. The molecule has 0 aliphatic carbocycles. The van der Waals surface area contributed by atoms with Gasteiger partial charge in [0.2, 0.25) is 5.91 Å². The van der Waals surface area contributed by atoms with Gasteiger partial charge < -0.3 is 10.1 Å². The molecule has 4 rings (SSSR count). The Morgan fingerprint density at radius 3 is 2.76 bits per heavy atom. The van der Waals surface area contributed by atoms with Crippen LogP contribution in [0.5, 0.6) is 5.75 Å². The maximum absolute atomic E-state index is 12.5. The zero-order chi connectivity index (χ0) is 17.1. The largest absolute Gasteiger partial charge is 0.493 e. The van der Waals surface area contributed by atoms with Crippen molar-refractivity contribution in [3.05, 3.63) is 65.7 Å². The second-order valence-corrected chi connectivity index (χ2v) is 6.93. The lowest BCUT2D eigenvalue weighted by atomic mass is 9.99. The Bertz CT molecular complexity index is 732. The van der Waals surface area contributed by atoms with Gasteiger partial charge in [0.25, 0.3) is 0 Å². The standard InChI is InChI=1S/C21H24N2O2/c24-21(22-19-11-13-25-20-9-5-4-8-18(19)20)15-23-12-10-17(14-23)16-6-2-1-3-7-16/h1-9,17,19H,10-15H2,(H,22,24). The molecule has 0 saturated carbocycles. The Morgan fingerprint density at radius 1 is 1.08 bits per heavy atom. The minimum Gasteiger partial charge on any atom is -0.493 e. The molecule has 0 spiro atoms. The summed E-state index contributed by atoms with van der Waals surface area (Å²) in [6, 6.07) is 18.6. The van der Waals surface area contributed by atoms with Crippen molar-refractivity contribution in [1.82, 2.24) is 10.2 Å². The Hall–Kier alpha value is -2.33. The van der Waals surface area contributed by atoms with E-state index < -0.39 is 0 Å². The molecule has 2 heterocycles. The number of nitrogens with zero attached hydrogens (tertiary/aromatic N) is 1. The van der Waals surface area contributed by atoms with Crippen molar-refractivity contribution in [2.75, 3.05) is 26.2 Å². The lowest BCUT2D eigenvalue weighted by Gasteiger charge is -2.27.